The molecule has 0 aliphatic rings. The van der Waals surface area contributed by atoms with Gasteiger partial charge in [-0.25, -0.2) is 0 Å². The Labute approximate surface area is 202 Å². The summed E-state index contributed by atoms with van der Waals surface area (Å²) in [7, 11) is 1.40. The predicted molar refractivity (Wildman–Crippen MR) is 120 cm³/mol. The average Bonchev–Trinajstić information content (AvgIpc) is 3.02. The highest BCUT2D eigenvalue weighted by Gasteiger charge is 2.31. The number of carbonyl (C=O) groups is 3. The van der Waals surface area contributed by atoms with Crippen LogP contribution in [-0.2, 0) is 16.0 Å². The third kappa shape index (κ3) is 5.68. The van der Waals surface area contributed by atoms with Crippen molar-refractivity contribution >= 4 is 40.3 Å². The Kier molecular flexibility index (Phi) is 7.30. The molecule has 3 rings (SSSR count). The molecule has 8 nitrogen and oxygen atoms in total. The van der Waals surface area contributed by atoms with Crippen LogP contribution in [0.2, 0.25) is 5.02 Å². The number of carboxylic acid groups (broad SMARTS) is 1. The van der Waals surface area contributed by atoms with E-state index in [9.17, 15) is 27.6 Å². The van der Waals surface area contributed by atoms with Crippen molar-refractivity contribution < 1.29 is 42.1 Å². The smallest absolute Gasteiger partial charge is 0.495 e. The molecule has 0 aliphatic heterocycles. The molecule has 35 heavy (non-hydrogen) atoms. The molecule has 0 radical (unpaired) electrons. The van der Waals surface area contributed by atoms with E-state index in [2.05, 4.69) is 10.1 Å². The fourth-order valence-electron chi connectivity index (χ4n) is 3.56. The Hall–Kier alpha value is -3.73. The number of halogens is 4. The Morgan fingerprint density at radius 2 is 1.80 bits per heavy atom. The molecular weight excluding hydrogens is 493 g/mol. The topological polar surface area (TPSA) is 107 Å². The Balaban J connectivity index is 2.07. The van der Waals surface area contributed by atoms with Gasteiger partial charge < -0.3 is 19.9 Å². The van der Waals surface area contributed by atoms with E-state index in [1.54, 1.807) is 13.0 Å². The maximum Gasteiger partial charge on any atom is 0.573 e. The number of amides is 1. The zero-order valence-corrected chi connectivity index (χ0v) is 19.5. The van der Waals surface area contributed by atoms with E-state index in [0.717, 1.165) is 12.1 Å². The lowest BCUT2D eigenvalue weighted by atomic mass is 10.1. The molecule has 1 unspecified atom stereocenters. The summed E-state index contributed by atoms with van der Waals surface area (Å²) in [6.07, 6.45) is -5.12. The second kappa shape index (κ2) is 9.87. The lowest BCUT2D eigenvalue weighted by Gasteiger charge is -2.11. The van der Waals surface area contributed by atoms with Crippen molar-refractivity contribution in [3.63, 3.8) is 0 Å². The SMILES string of the molecule is COc1cc2c(CC(=O)NC(C)C(=O)O)c(C)n(C(=O)c3ccc(OC(F)(F)F)cc3)c2cc1Cl. The minimum atomic E-state index is -4.87. The van der Waals surface area contributed by atoms with Crippen LogP contribution in [0.4, 0.5) is 13.2 Å². The first-order valence-corrected chi connectivity index (χ1v) is 10.5. The fraction of sp³-hybridized carbons (Fsp3) is 0.261. The zero-order chi connectivity index (χ0) is 26.1. The first-order chi connectivity index (χ1) is 16.3. The first-order valence-electron chi connectivity index (χ1n) is 10.1. The van der Waals surface area contributed by atoms with Crippen molar-refractivity contribution in [1.82, 2.24) is 9.88 Å². The molecular formula is C23H20ClF3N2O6. The van der Waals surface area contributed by atoms with Gasteiger partial charge in [0, 0.05) is 16.6 Å². The standard InChI is InChI=1S/C23H20ClF3N2O6/c1-11(22(32)33)28-20(30)9-15-12(2)29(18-10-17(24)19(34-3)8-16(15)18)21(31)13-4-6-14(7-5-13)35-23(25,26)27/h4-8,10-11H,9H2,1-3H3,(H,28,30)(H,32,33). The van der Waals surface area contributed by atoms with Gasteiger partial charge in [0.1, 0.15) is 17.5 Å². The predicted octanol–water partition coefficient (Wildman–Crippen LogP) is 4.33. The van der Waals surface area contributed by atoms with E-state index in [1.165, 1.54) is 36.8 Å². The average molecular weight is 513 g/mol. The maximum absolute atomic E-state index is 13.4. The van der Waals surface area contributed by atoms with E-state index in [0.29, 0.717) is 22.2 Å². The highest BCUT2D eigenvalue weighted by atomic mass is 35.5. The number of nitrogens with zero attached hydrogens (tertiary/aromatic N) is 1. The van der Waals surface area contributed by atoms with Gasteiger partial charge in [0.25, 0.3) is 5.91 Å². The third-order valence-electron chi connectivity index (χ3n) is 5.23. The molecule has 1 amide bonds. The van der Waals surface area contributed by atoms with Crippen LogP contribution < -0.4 is 14.8 Å². The van der Waals surface area contributed by atoms with Crippen molar-refractivity contribution in [3.05, 3.63) is 58.2 Å². The largest absolute Gasteiger partial charge is 0.573 e. The third-order valence-corrected chi connectivity index (χ3v) is 5.53. The van der Waals surface area contributed by atoms with Gasteiger partial charge in [0.05, 0.1) is 24.1 Å². The molecule has 2 N–H and O–H groups in total. The van der Waals surface area contributed by atoms with Crippen molar-refractivity contribution in [3.8, 4) is 11.5 Å². The van der Waals surface area contributed by atoms with Gasteiger partial charge in [-0.1, -0.05) is 11.6 Å². The number of fused-ring (bicyclic) bond motifs is 1. The molecule has 2 aromatic carbocycles. The molecule has 0 fully saturated rings. The molecule has 0 spiro atoms. The van der Waals surface area contributed by atoms with Crippen molar-refractivity contribution in [2.75, 3.05) is 7.11 Å². The lowest BCUT2D eigenvalue weighted by Crippen LogP contribution is -2.39. The van der Waals surface area contributed by atoms with Crippen LogP contribution in [0.3, 0.4) is 0 Å². The summed E-state index contributed by atoms with van der Waals surface area (Å²) in [6, 6.07) is 6.29. The molecule has 3 aromatic rings. The fourth-order valence-corrected chi connectivity index (χ4v) is 3.80. The van der Waals surface area contributed by atoms with Gasteiger partial charge in [0.2, 0.25) is 5.91 Å². The molecule has 0 saturated carbocycles. The van der Waals surface area contributed by atoms with Crippen LogP contribution in [0.15, 0.2) is 36.4 Å². The number of carboxylic acids is 1. The van der Waals surface area contributed by atoms with E-state index >= 15 is 0 Å². The molecule has 1 atom stereocenters. The van der Waals surface area contributed by atoms with Crippen molar-refractivity contribution in [2.24, 2.45) is 0 Å². The van der Waals surface area contributed by atoms with Gasteiger partial charge in [-0.3, -0.25) is 19.0 Å². The van der Waals surface area contributed by atoms with Gasteiger partial charge in [-0.2, -0.15) is 0 Å². The lowest BCUT2D eigenvalue weighted by molar-refractivity contribution is -0.274. The van der Waals surface area contributed by atoms with Crippen LogP contribution in [0.1, 0.15) is 28.5 Å². The van der Waals surface area contributed by atoms with E-state index in [1.807, 2.05) is 0 Å². The van der Waals surface area contributed by atoms with E-state index < -0.39 is 35.9 Å². The molecule has 1 heterocycles. The number of nitrogens with one attached hydrogen (secondary N) is 1. The second-order valence-corrected chi connectivity index (χ2v) is 7.99. The van der Waals surface area contributed by atoms with Gasteiger partial charge in [0.15, 0.2) is 0 Å². The van der Waals surface area contributed by atoms with Gasteiger partial charge in [-0.15, -0.1) is 13.2 Å². The normalized spacial score (nSPS) is 12.3. The summed E-state index contributed by atoms with van der Waals surface area (Å²) in [5.41, 5.74) is 1.18. The summed E-state index contributed by atoms with van der Waals surface area (Å²) >= 11 is 6.26. The van der Waals surface area contributed by atoms with Crippen LogP contribution in [0, 0.1) is 6.92 Å². The summed E-state index contributed by atoms with van der Waals surface area (Å²) in [6.45, 7) is 2.90. The number of aromatic nitrogens is 1. The summed E-state index contributed by atoms with van der Waals surface area (Å²) < 4.78 is 47.7. The van der Waals surface area contributed by atoms with Crippen molar-refractivity contribution in [2.45, 2.75) is 32.7 Å². The molecule has 0 bridgehead atoms. The number of alkyl halides is 3. The molecule has 0 aliphatic carbocycles. The Morgan fingerprint density at radius 3 is 2.34 bits per heavy atom. The van der Waals surface area contributed by atoms with E-state index in [4.69, 9.17) is 21.4 Å². The van der Waals surface area contributed by atoms with Crippen LogP contribution >= 0.6 is 11.6 Å². The highest BCUT2D eigenvalue weighted by Crippen LogP contribution is 2.35. The highest BCUT2D eigenvalue weighted by molar-refractivity contribution is 6.33. The van der Waals surface area contributed by atoms with Crippen molar-refractivity contribution in [1.29, 1.82) is 0 Å². The number of hydrogen-bond acceptors (Lipinski definition) is 5. The number of ether oxygens (including phenoxy) is 2. The molecule has 1 aromatic heterocycles. The summed E-state index contributed by atoms with van der Waals surface area (Å²) in [4.78, 5) is 36.9. The number of methoxy groups -OCH3 is 1. The number of rotatable bonds is 7. The first kappa shape index (κ1) is 25.9. The quantitative estimate of drug-likeness (QED) is 0.488. The summed E-state index contributed by atoms with van der Waals surface area (Å²) in [5, 5.41) is 12.1. The number of benzene rings is 2. The maximum atomic E-state index is 13.4. The number of hydrogen-bond donors (Lipinski definition) is 2. The monoisotopic (exact) mass is 512 g/mol. The van der Waals surface area contributed by atoms with Crippen LogP contribution in [0.5, 0.6) is 11.5 Å². The van der Waals surface area contributed by atoms with Gasteiger partial charge in [-0.05, 0) is 55.8 Å². The summed E-state index contributed by atoms with van der Waals surface area (Å²) in [5.74, 6) is -2.58. The molecule has 0 saturated heterocycles. The zero-order valence-electron chi connectivity index (χ0n) is 18.7. The van der Waals surface area contributed by atoms with E-state index in [-0.39, 0.29) is 22.8 Å². The Morgan fingerprint density at radius 1 is 1.17 bits per heavy atom. The molecule has 12 heteroatoms. The second-order valence-electron chi connectivity index (χ2n) is 7.58. The molecule has 186 valence electrons. The minimum Gasteiger partial charge on any atom is -0.495 e. The number of aliphatic carboxylic acids is 1. The van der Waals surface area contributed by atoms with Gasteiger partial charge >= 0.3 is 12.3 Å². The van der Waals surface area contributed by atoms with Crippen LogP contribution in [-0.4, -0.2) is 47.0 Å². The number of carbonyl (C=O) groups excluding carboxylic acids is 2. The Bertz CT molecular complexity index is 1300. The van der Waals surface area contributed by atoms with Crippen LogP contribution in [0.25, 0.3) is 10.9 Å². The minimum absolute atomic E-state index is 0.0574.